The molecule has 5 nitrogen and oxygen atoms in total. The third-order valence-electron chi connectivity index (χ3n) is 4.71. The number of carbonyl (C=O) groups is 3. The molecule has 29 heavy (non-hydrogen) atoms. The summed E-state index contributed by atoms with van der Waals surface area (Å²) in [5, 5.41) is 2.08. The topological polar surface area (TPSA) is 69.7 Å². The van der Waals surface area contributed by atoms with E-state index in [0.29, 0.717) is 27.1 Å². The normalized spacial score (nSPS) is 16.1. The van der Waals surface area contributed by atoms with Crippen molar-refractivity contribution in [3.63, 3.8) is 0 Å². The van der Waals surface area contributed by atoms with Gasteiger partial charge in [-0.15, -0.1) is 11.3 Å². The third kappa shape index (κ3) is 3.69. The van der Waals surface area contributed by atoms with Gasteiger partial charge in [0.1, 0.15) is 0 Å². The predicted octanol–water partition coefficient (Wildman–Crippen LogP) is 5.15. The second-order valence-electron chi connectivity index (χ2n) is 6.53. The SMILES string of the molecule is CC(C(=O)OC1OC(=O)c2ccccc21)c1ccc(C(=O)c2cccs2)c(Cl)c1. The molecule has 4 rings (SSSR count). The largest absolute Gasteiger partial charge is 0.420 e. The molecule has 3 aromatic rings. The summed E-state index contributed by atoms with van der Waals surface area (Å²) in [6.45, 7) is 1.66. The first-order valence-corrected chi connectivity index (χ1v) is 10.1. The summed E-state index contributed by atoms with van der Waals surface area (Å²) in [5.41, 5.74) is 1.88. The van der Waals surface area contributed by atoms with E-state index >= 15 is 0 Å². The molecule has 1 aliphatic rings. The Labute approximate surface area is 175 Å². The number of esters is 2. The number of benzene rings is 2. The van der Waals surface area contributed by atoms with Gasteiger partial charge in [-0.1, -0.05) is 41.9 Å². The number of ether oxygens (including phenoxy) is 2. The summed E-state index contributed by atoms with van der Waals surface area (Å²) in [6.07, 6.45) is -1.07. The number of cyclic esters (lactones) is 1. The molecule has 1 aliphatic heterocycles. The second kappa shape index (κ2) is 7.81. The first-order chi connectivity index (χ1) is 14.0. The molecule has 2 unspecified atom stereocenters. The molecule has 0 saturated heterocycles. The van der Waals surface area contributed by atoms with Gasteiger partial charge in [0, 0.05) is 11.1 Å². The van der Waals surface area contributed by atoms with Crippen LogP contribution in [-0.4, -0.2) is 17.7 Å². The van der Waals surface area contributed by atoms with E-state index in [2.05, 4.69) is 0 Å². The van der Waals surface area contributed by atoms with Crippen LogP contribution >= 0.6 is 22.9 Å². The van der Waals surface area contributed by atoms with Crippen LogP contribution in [0.3, 0.4) is 0 Å². The highest BCUT2D eigenvalue weighted by atomic mass is 35.5. The molecule has 2 atom stereocenters. The smallest absolute Gasteiger partial charge is 0.342 e. The van der Waals surface area contributed by atoms with Crippen LogP contribution in [0.2, 0.25) is 5.02 Å². The Hall–Kier alpha value is -2.96. The molecule has 146 valence electrons. The number of hydrogen-bond acceptors (Lipinski definition) is 6. The zero-order valence-electron chi connectivity index (χ0n) is 15.3. The van der Waals surface area contributed by atoms with Gasteiger partial charge in [0.05, 0.1) is 21.4 Å². The molecular formula is C22H15ClO5S. The van der Waals surface area contributed by atoms with E-state index in [4.69, 9.17) is 21.1 Å². The first kappa shape index (κ1) is 19.4. The maximum absolute atomic E-state index is 12.6. The van der Waals surface area contributed by atoms with Crippen LogP contribution in [-0.2, 0) is 14.3 Å². The van der Waals surface area contributed by atoms with Gasteiger partial charge in [-0.05, 0) is 42.1 Å². The van der Waals surface area contributed by atoms with E-state index in [9.17, 15) is 14.4 Å². The zero-order valence-corrected chi connectivity index (χ0v) is 16.8. The standard InChI is InChI=1S/C22H15ClO5S/c1-12(20(25)27-22-15-6-3-2-5-14(15)21(26)28-22)13-8-9-16(17(23)11-13)19(24)18-7-4-10-29-18/h2-12,22H,1H3. The van der Waals surface area contributed by atoms with Crippen molar-refractivity contribution >= 4 is 40.7 Å². The molecular weight excluding hydrogens is 412 g/mol. The molecule has 1 aromatic heterocycles. The van der Waals surface area contributed by atoms with Crippen molar-refractivity contribution in [1.29, 1.82) is 0 Å². The monoisotopic (exact) mass is 426 g/mol. The van der Waals surface area contributed by atoms with Crippen LogP contribution in [0.1, 0.15) is 55.9 Å². The van der Waals surface area contributed by atoms with E-state index < -0.39 is 24.1 Å². The quantitative estimate of drug-likeness (QED) is 0.417. The summed E-state index contributed by atoms with van der Waals surface area (Å²) >= 11 is 7.65. The molecule has 0 spiro atoms. The number of thiophene rings is 1. The van der Waals surface area contributed by atoms with Gasteiger partial charge < -0.3 is 9.47 Å². The highest BCUT2D eigenvalue weighted by molar-refractivity contribution is 7.12. The lowest BCUT2D eigenvalue weighted by atomic mass is 9.98. The molecule has 0 fully saturated rings. The lowest BCUT2D eigenvalue weighted by molar-refractivity contribution is -0.169. The minimum atomic E-state index is -1.07. The second-order valence-corrected chi connectivity index (χ2v) is 7.88. The fourth-order valence-corrected chi connectivity index (χ4v) is 4.02. The first-order valence-electron chi connectivity index (χ1n) is 8.83. The highest BCUT2D eigenvalue weighted by Crippen LogP contribution is 2.33. The average molecular weight is 427 g/mol. The van der Waals surface area contributed by atoms with Crippen molar-refractivity contribution in [2.24, 2.45) is 0 Å². The summed E-state index contributed by atoms with van der Waals surface area (Å²) < 4.78 is 10.6. The van der Waals surface area contributed by atoms with Gasteiger partial charge in [0.25, 0.3) is 6.29 Å². The Morgan fingerprint density at radius 3 is 2.66 bits per heavy atom. The van der Waals surface area contributed by atoms with Crippen LogP contribution in [0.5, 0.6) is 0 Å². The molecule has 0 N–H and O–H groups in total. The minimum absolute atomic E-state index is 0.166. The zero-order chi connectivity index (χ0) is 20.5. The Morgan fingerprint density at radius 1 is 1.14 bits per heavy atom. The van der Waals surface area contributed by atoms with Crippen LogP contribution in [0, 0.1) is 0 Å². The summed E-state index contributed by atoms with van der Waals surface area (Å²) in [5.74, 6) is -1.91. The van der Waals surface area contributed by atoms with Crippen molar-refractivity contribution < 1.29 is 23.9 Å². The van der Waals surface area contributed by atoms with E-state index in [1.54, 1.807) is 61.5 Å². The molecule has 0 bridgehead atoms. The van der Waals surface area contributed by atoms with Crippen molar-refractivity contribution in [1.82, 2.24) is 0 Å². The molecule has 2 heterocycles. The number of fused-ring (bicyclic) bond motifs is 1. The van der Waals surface area contributed by atoms with Gasteiger partial charge in [0.15, 0.2) is 0 Å². The molecule has 7 heteroatoms. The van der Waals surface area contributed by atoms with Crippen molar-refractivity contribution in [3.05, 3.63) is 92.1 Å². The number of carbonyl (C=O) groups excluding carboxylic acids is 3. The fourth-order valence-electron chi connectivity index (χ4n) is 3.07. The number of halogens is 1. The average Bonchev–Trinajstić information content (AvgIpc) is 3.36. The van der Waals surface area contributed by atoms with Gasteiger partial charge in [-0.25, -0.2) is 4.79 Å². The highest BCUT2D eigenvalue weighted by Gasteiger charge is 2.34. The lowest BCUT2D eigenvalue weighted by Crippen LogP contribution is -2.17. The number of ketones is 1. The maximum Gasteiger partial charge on any atom is 0.342 e. The Kier molecular flexibility index (Phi) is 5.22. The molecule has 0 radical (unpaired) electrons. The van der Waals surface area contributed by atoms with Crippen molar-refractivity contribution in [2.45, 2.75) is 19.1 Å². The van der Waals surface area contributed by atoms with E-state index in [1.807, 2.05) is 5.38 Å². The summed E-state index contributed by atoms with van der Waals surface area (Å²) in [6, 6.07) is 15.2. The molecule has 0 aliphatic carbocycles. The van der Waals surface area contributed by atoms with Gasteiger partial charge in [-0.3, -0.25) is 9.59 Å². The summed E-state index contributed by atoms with van der Waals surface area (Å²) in [7, 11) is 0. The van der Waals surface area contributed by atoms with Gasteiger partial charge >= 0.3 is 11.9 Å². The maximum atomic E-state index is 12.6. The molecule has 2 aromatic carbocycles. The summed E-state index contributed by atoms with van der Waals surface area (Å²) in [4.78, 5) is 37.6. The van der Waals surface area contributed by atoms with Gasteiger partial charge in [0.2, 0.25) is 5.78 Å². The third-order valence-corrected chi connectivity index (χ3v) is 5.89. The van der Waals surface area contributed by atoms with Crippen LogP contribution in [0.25, 0.3) is 0 Å². The Balaban J connectivity index is 1.50. The number of rotatable bonds is 5. The van der Waals surface area contributed by atoms with E-state index in [-0.39, 0.29) is 10.8 Å². The minimum Gasteiger partial charge on any atom is -0.420 e. The lowest BCUT2D eigenvalue weighted by Gasteiger charge is -2.17. The van der Waals surface area contributed by atoms with Crippen LogP contribution < -0.4 is 0 Å². The van der Waals surface area contributed by atoms with Crippen molar-refractivity contribution in [2.75, 3.05) is 0 Å². The molecule has 0 saturated carbocycles. The Morgan fingerprint density at radius 2 is 1.93 bits per heavy atom. The number of hydrogen-bond donors (Lipinski definition) is 0. The van der Waals surface area contributed by atoms with Gasteiger partial charge in [-0.2, -0.15) is 0 Å². The van der Waals surface area contributed by atoms with Crippen molar-refractivity contribution in [3.8, 4) is 0 Å². The fraction of sp³-hybridized carbons (Fsp3) is 0.136. The van der Waals surface area contributed by atoms with Crippen LogP contribution in [0.15, 0.2) is 60.0 Å². The van der Waals surface area contributed by atoms with E-state index in [0.717, 1.165) is 0 Å². The van der Waals surface area contributed by atoms with Crippen LogP contribution in [0.4, 0.5) is 0 Å². The van der Waals surface area contributed by atoms with E-state index in [1.165, 1.54) is 11.3 Å². The Bertz CT molecular complexity index is 1110. The predicted molar refractivity (Wildman–Crippen MR) is 108 cm³/mol. The molecule has 0 amide bonds.